The van der Waals surface area contributed by atoms with Gasteiger partial charge in [-0.1, -0.05) is 18.2 Å². The smallest absolute Gasteiger partial charge is 0.257 e. The van der Waals surface area contributed by atoms with E-state index in [4.69, 9.17) is 17.0 Å². The Hall–Kier alpha value is -2.93. The molecule has 0 unspecified atom stereocenters. The SMILES string of the molecule is CCOc1cccc(C(=O)NC(=S)Nc2cc(C(=O)[O-])ccc2C)c1. The summed E-state index contributed by atoms with van der Waals surface area (Å²) in [5.41, 5.74) is 1.68. The number of anilines is 1. The molecule has 2 N–H and O–H groups in total. The van der Waals surface area contributed by atoms with Crippen molar-refractivity contribution in [2.45, 2.75) is 13.8 Å². The van der Waals surface area contributed by atoms with E-state index >= 15 is 0 Å². The first-order valence-corrected chi connectivity index (χ1v) is 7.98. The van der Waals surface area contributed by atoms with Gasteiger partial charge in [-0.15, -0.1) is 0 Å². The van der Waals surface area contributed by atoms with Crippen molar-refractivity contribution >= 4 is 34.9 Å². The van der Waals surface area contributed by atoms with Crippen molar-refractivity contribution in [2.75, 3.05) is 11.9 Å². The molecule has 0 saturated heterocycles. The minimum atomic E-state index is -1.29. The minimum absolute atomic E-state index is 0.0200. The fourth-order valence-electron chi connectivity index (χ4n) is 2.11. The minimum Gasteiger partial charge on any atom is -0.545 e. The molecular formula is C18H17N2O4S-. The molecule has 130 valence electrons. The second-order valence-corrected chi connectivity index (χ2v) is 5.59. The van der Waals surface area contributed by atoms with E-state index in [0.29, 0.717) is 23.6 Å². The molecule has 0 aromatic heterocycles. The number of aromatic carboxylic acids is 1. The van der Waals surface area contributed by atoms with E-state index in [1.54, 1.807) is 37.3 Å². The molecule has 2 rings (SSSR count). The zero-order chi connectivity index (χ0) is 18.4. The highest BCUT2D eigenvalue weighted by atomic mass is 32.1. The van der Waals surface area contributed by atoms with E-state index in [9.17, 15) is 14.7 Å². The first-order valence-electron chi connectivity index (χ1n) is 7.58. The van der Waals surface area contributed by atoms with E-state index in [0.717, 1.165) is 5.56 Å². The number of rotatable bonds is 5. The Kier molecular flexibility index (Phi) is 6.08. The lowest BCUT2D eigenvalue weighted by molar-refractivity contribution is -0.255. The molecule has 1 amide bonds. The van der Waals surface area contributed by atoms with Crippen LogP contribution in [0.5, 0.6) is 5.75 Å². The van der Waals surface area contributed by atoms with E-state index < -0.39 is 11.9 Å². The monoisotopic (exact) mass is 357 g/mol. The van der Waals surface area contributed by atoms with Gasteiger partial charge in [0.25, 0.3) is 5.91 Å². The summed E-state index contributed by atoms with van der Waals surface area (Å²) < 4.78 is 5.36. The quantitative estimate of drug-likeness (QED) is 0.794. The Morgan fingerprint density at radius 2 is 1.92 bits per heavy atom. The lowest BCUT2D eigenvalue weighted by Gasteiger charge is -2.14. The Morgan fingerprint density at radius 1 is 1.16 bits per heavy atom. The number of ether oxygens (including phenoxy) is 1. The number of carbonyl (C=O) groups is 2. The number of benzene rings is 2. The van der Waals surface area contributed by atoms with E-state index in [-0.39, 0.29) is 10.7 Å². The van der Waals surface area contributed by atoms with Crippen molar-refractivity contribution < 1.29 is 19.4 Å². The van der Waals surface area contributed by atoms with Gasteiger partial charge in [-0.2, -0.15) is 0 Å². The van der Waals surface area contributed by atoms with Crippen molar-refractivity contribution in [3.8, 4) is 5.75 Å². The highest BCUT2D eigenvalue weighted by Crippen LogP contribution is 2.17. The van der Waals surface area contributed by atoms with Crippen LogP contribution >= 0.6 is 12.2 Å². The number of nitrogens with one attached hydrogen (secondary N) is 2. The number of hydrogen-bond acceptors (Lipinski definition) is 5. The molecule has 0 fully saturated rings. The van der Waals surface area contributed by atoms with Crippen LogP contribution in [-0.2, 0) is 0 Å². The molecular weight excluding hydrogens is 340 g/mol. The number of carbonyl (C=O) groups excluding carboxylic acids is 2. The van der Waals surface area contributed by atoms with Crippen LogP contribution in [-0.4, -0.2) is 23.6 Å². The number of aryl methyl sites for hydroxylation is 1. The second-order valence-electron chi connectivity index (χ2n) is 5.19. The molecule has 0 saturated carbocycles. The average molecular weight is 357 g/mol. The van der Waals surface area contributed by atoms with Gasteiger partial charge in [0, 0.05) is 11.3 Å². The fraction of sp³-hybridized carbons (Fsp3) is 0.167. The highest BCUT2D eigenvalue weighted by Gasteiger charge is 2.10. The molecule has 0 heterocycles. The molecule has 7 heteroatoms. The second kappa shape index (κ2) is 8.25. The fourth-order valence-corrected chi connectivity index (χ4v) is 2.31. The van der Waals surface area contributed by atoms with Crippen LogP contribution < -0.4 is 20.5 Å². The van der Waals surface area contributed by atoms with E-state index in [2.05, 4.69) is 10.6 Å². The topological polar surface area (TPSA) is 90.5 Å². The average Bonchev–Trinajstić information content (AvgIpc) is 2.57. The maximum Gasteiger partial charge on any atom is 0.257 e. The third kappa shape index (κ3) is 5.02. The van der Waals surface area contributed by atoms with Gasteiger partial charge >= 0.3 is 0 Å². The highest BCUT2D eigenvalue weighted by molar-refractivity contribution is 7.80. The normalized spacial score (nSPS) is 10.0. The lowest BCUT2D eigenvalue weighted by Crippen LogP contribution is -2.34. The van der Waals surface area contributed by atoms with Crippen LogP contribution in [0.15, 0.2) is 42.5 Å². The lowest BCUT2D eigenvalue weighted by atomic mass is 10.1. The van der Waals surface area contributed by atoms with Gasteiger partial charge in [0.05, 0.1) is 12.6 Å². The van der Waals surface area contributed by atoms with Crippen LogP contribution in [0, 0.1) is 6.92 Å². The van der Waals surface area contributed by atoms with Crippen LogP contribution in [0.3, 0.4) is 0 Å². The molecule has 0 aliphatic rings. The summed E-state index contributed by atoms with van der Waals surface area (Å²) in [7, 11) is 0. The summed E-state index contributed by atoms with van der Waals surface area (Å²) in [6, 6.07) is 11.2. The molecule has 6 nitrogen and oxygen atoms in total. The number of carboxylic acid groups (broad SMARTS) is 1. The number of carboxylic acids is 1. The Balaban J connectivity index is 2.07. The van der Waals surface area contributed by atoms with Gasteiger partial charge in [-0.3, -0.25) is 10.1 Å². The maximum atomic E-state index is 12.3. The Bertz CT molecular complexity index is 820. The summed E-state index contributed by atoms with van der Waals surface area (Å²) in [5.74, 6) is -1.09. The third-order valence-electron chi connectivity index (χ3n) is 3.36. The molecule has 2 aromatic carbocycles. The van der Waals surface area contributed by atoms with Crippen LogP contribution in [0.1, 0.15) is 33.2 Å². The molecule has 0 aliphatic carbocycles. The predicted molar refractivity (Wildman–Crippen MR) is 96.8 cm³/mol. The molecule has 0 radical (unpaired) electrons. The summed E-state index contributed by atoms with van der Waals surface area (Å²) in [6.45, 7) is 4.14. The first-order chi connectivity index (χ1) is 11.9. The van der Waals surface area contributed by atoms with E-state index in [1.807, 2.05) is 6.92 Å². The van der Waals surface area contributed by atoms with Crippen molar-refractivity contribution in [2.24, 2.45) is 0 Å². The number of hydrogen-bond donors (Lipinski definition) is 2. The van der Waals surface area contributed by atoms with Crippen molar-refractivity contribution in [3.05, 3.63) is 59.2 Å². The van der Waals surface area contributed by atoms with Crippen LogP contribution in [0.25, 0.3) is 0 Å². The van der Waals surface area contributed by atoms with Gasteiger partial charge in [-0.05, 0) is 61.5 Å². The van der Waals surface area contributed by atoms with Crippen molar-refractivity contribution in [1.29, 1.82) is 0 Å². The van der Waals surface area contributed by atoms with Crippen LogP contribution in [0.4, 0.5) is 5.69 Å². The number of thiocarbonyl (C=S) groups is 1. The third-order valence-corrected chi connectivity index (χ3v) is 3.56. The van der Waals surface area contributed by atoms with Gasteiger partial charge in [0.2, 0.25) is 0 Å². The maximum absolute atomic E-state index is 12.3. The summed E-state index contributed by atoms with van der Waals surface area (Å²) in [4.78, 5) is 23.2. The van der Waals surface area contributed by atoms with Crippen molar-refractivity contribution in [1.82, 2.24) is 5.32 Å². The standard InChI is InChI=1S/C18H18N2O4S/c1-3-24-14-6-4-5-12(9-14)16(21)20-18(25)19-15-10-13(17(22)23)8-7-11(15)2/h4-10H,3H2,1-2H3,(H,22,23)(H2,19,20,21,25)/p-1. The van der Waals surface area contributed by atoms with Gasteiger partial charge in [0.15, 0.2) is 5.11 Å². The molecule has 2 aromatic rings. The number of amides is 1. The van der Waals surface area contributed by atoms with Crippen LogP contribution in [0.2, 0.25) is 0 Å². The molecule has 0 aliphatic heterocycles. The Labute approximate surface area is 150 Å². The molecule has 0 bridgehead atoms. The summed E-state index contributed by atoms with van der Waals surface area (Å²) in [6.07, 6.45) is 0. The summed E-state index contributed by atoms with van der Waals surface area (Å²) >= 11 is 5.13. The van der Waals surface area contributed by atoms with Gasteiger partial charge in [0.1, 0.15) is 5.75 Å². The zero-order valence-electron chi connectivity index (χ0n) is 13.8. The molecule has 0 spiro atoms. The van der Waals surface area contributed by atoms with Gasteiger partial charge in [-0.25, -0.2) is 0 Å². The van der Waals surface area contributed by atoms with E-state index in [1.165, 1.54) is 12.1 Å². The van der Waals surface area contributed by atoms with Crippen molar-refractivity contribution in [3.63, 3.8) is 0 Å². The van der Waals surface area contributed by atoms with Gasteiger partial charge < -0.3 is 20.0 Å². The molecule has 0 atom stereocenters. The Morgan fingerprint density at radius 3 is 2.60 bits per heavy atom. The predicted octanol–water partition coefficient (Wildman–Crippen LogP) is 1.88. The largest absolute Gasteiger partial charge is 0.545 e. The summed E-state index contributed by atoms with van der Waals surface area (Å²) in [5, 5.41) is 16.4. The zero-order valence-corrected chi connectivity index (χ0v) is 14.6. The first kappa shape index (κ1) is 18.4. The molecule has 25 heavy (non-hydrogen) atoms.